The third-order valence-corrected chi connectivity index (χ3v) is 13.0. The van der Waals surface area contributed by atoms with Gasteiger partial charge in [0.1, 0.15) is 11.8 Å². The summed E-state index contributed by atoms with van der Waals surface area (Å²) in [5, 5.41) is 11.4. The molecule has 6 heterocycles. The Balaban J connectivity index is 0.000000182. The van der Waals surface area contributed by atoms with E-state index in [1.54, 1.807) is 52.9 Å². The van der Waals surface area contributed by atoms with E-state index in [1.807, 2.05) is 6.07 Å². The van der Waals surface area contributed by atoms with E-state index in [4.69, 9.17) is 22.6 Å². The molecule has 3 fully saturated rings. The average molecular weight is 1120 g/mol. The van der Waals surface area contributed by atoms with Gasteiger partial charge >= 0.3 is 0 Å². The summed E-state index contributed by atoms with van der Waals surface area (Å²) in [4.78, 5) is 73.9. The summed E-state index contributed by atoms with van der Waals surface area (Å²) in [6.07, 6.45) is 10.2. The molecule has 0 radical (unpaired) electrons. The molecule has 0 spiro atoms. The third-order valence-electron chi connectivity index (χ3n) is 12.7. The number of amides is 4. The molecular formula is C51H50ClF9N12O5. The monoisotopic (exact) mass is 1120 g/mol. The molecular weight excluding hydrogens is 1070 g/mol. The van der Waals surface area contributed by atoms with Crippen molar-refractivity contribution in [3.8, 4) is 6.07 Å². The van der Waals surface area contributed by atoms with Crippen LogP contribution in [0, 0.1) is 63.7 Å². The van der Waals surface area contributed by atoms with Crippen LogP contribution in [0.15, 0.2) is 74.0 Å². The Morgan fingerprint density at radius 2 is 0.923 bits per heavy atom. The highest BCUT2D eigenvalue weighted by atomic mass is 35.5. The molecule has 0 saturated carbocycles. The van der Waals surface area contributed by atoms with Crippen LogP contribution in [0.1, 0.15) is 97.5 Å². The number of hydrogen-bond acceptors (Lipinski definition) is 10. The van der Waals surface area contributed by atoms with E-state index in [2.05, 4.69) is 20.3 Å². The Kier molecular flexibility index (Phi) is 20.4. The first kappa shape index (κ1) is 59.2. The maximum Gasteiger partial charge on any atom is 0.224 e. The van der Waals surface area contributed by atoms with Crippen LogP contribution >= 0.6 is 11.6 Å². The van der Waals surface area contributed by atoms with Gasteiger partial charge in [0.2, 0.25) is 28.9 Å². The van der Waals surface area contributed by atoms with Crippen molar-refractivity contribution in [3.05, 3.63) is 160 Å². The Hall–Kier alpha value is -8.05. The summed E-state index contributed by atoms with van der Waals surface area (Å²) in [5.41, 5.74) is 8.17. The van der Waals surface area contributed by atoms with Gasteiger partial charge < -0.3 is 39.5 Å². The van der Waals surface area contributed by atoms with Gasteiger partial charge in [-0.2, -0.15) is 5.26 Å². The number of aromatic nitrogens is 6. The Labute approximate surface area is 445 Å². The minimum Gasteiger partial charge on any atom is -0.350 e. The van der Waals surface area contributed by atoms with Crippen molar-refractivity contribution in [3.63, 3.8) is 0 Å². The van der Waals surface area contributed by atoms with Gasteiger partial charge in [-0.05, 0) is 64.7 Å². The minimum absolute atomic E-state index is 0.0705. The maximum atomic E-state index is 13.5. The Bertz CT molecular complexity index is 3130. The average Bonchev–Trinajstić information content (AvgIpc) is 4.34. The van der Waals surface area contributed by atoms with Crippen molar-refractivity contribution in [2.24, 2.45) is 5.73 Å². The highest BCUT2D eigenvalue weighted by Gasteiger charge is 2.35. The molecule has 6 aromatic rings. The zero-order chi connectivity index (χ0) is 57.0. The van der Waals surface area contributed by atoms with E-state index >= 15 is 0 Å². The molecule has 0 aliphatic carbocycles. The number of carbonyl (C=O) groups is 5. The Morgan fingerprint density at radius 3 is 1.27 bits per heavy atom. The lowest BCUT2D eigenvalue weighted by Crippen LogP contribution is -2.30. The molecule has 3 atom stereocenters. The van der Waals surface area contributed by atoms with E-state index in [0.29, 0.717) is 31.6 Å². The van der Waals surface area contributed by atoms with Gasteiger partial charge in [-0.15, -0.1) is 0 Å². The van der Waals surface area contributed by atoms with Crippen LogP contribution in [0.25, 0.3) is 0 Å². The molecule has 9 rings (SSSR count). The lowest BCUT2D eigenvalue weighted by atomic mass is 9.98. The molecule has 3 N–H and O–H groups in total. The first-order valence-corrected chi connectivity index (χ1v) is 24.3. The number of rotatable bonds is 14. The van der Waals surface area contributed by atoms with Crippen molar-refractivity contribution < 1.29 is 63.5 Å². The number of benzene rings is 3. The van der Waals surface area contributed by atoms with Gasteiger partial charge in [0, 0.05) is 88.4 Å². The fourth-order valence-electron chi connectivity index (χ4n) is 8.49. The molecule has 78 heavy (non-hydrogen) atoms. The molecule has 17 nitrogen and oxygen atoms in total. The van der Waals surface area contributed by atoms with Gasteiger partial charge in [0.15, 0.2) is 52.4 Å². The van der Waals surface area contributed by atoms with Gasteiger partial charge in [0.25, 0.3) is 0 Å². The zero-order valence-corrected chi connectivity index (χ0v) is 42.5. The number of nitriles is 1. The molecule has 3 aliphatic heterocycles. The third kappa shape index (κ3) is 14.9. The van der Waals surface area contributed by atoms with E-state index in [1.165, 1.54) is 26.9 Å². The maximum absolute atomic E-state index is 13.5. The summed E-state index contributed by atoms with van der Waals surface area (Å²) in [6.45, 7) is 5.43. The molecule has 4 amide bonds. The van der Waals surface area contributed by atoms with Crippen LogP contribution in [-0.2, 0) is 57.1 Å². The predicted octanol–water partition coefficient (Wildman–Crippen LogP) is 7.34. The summed E-state index contributed by atoms with van der Waals surface area (Å²) in [5.74, 6) is -14.0. The zero-order valence-electron chi connectivity index (χ0n) is 41.7. The summed E-state index contributed by atoms with van der Waals surface area (Å²) < 4.78 is 124. The normalized spacial score (nSPS) is 16.8. The first-order chi connectivity index (χ1) is 37.1. The van der Waals surface area contributed by atoms with E-state index in [-0.39, 0.29) is 110 Å². The van der Waals surface area contributed by atoms with E-state index in [0.717, 1.165) is 47.8 Å². The minimum atomic E-state index is -1.52. The van der Waals surface area contributed by atoms with E-state index in [9.17, 15) is 63.5 Å². The van der Waals surface area contributed by atoms with E-state index < -0.39 is 64.2 Å². The smallest absolute Gasteiger partial charge is 0.224 e. The fraction of sp³-hybridized carbons (Fsp3) is 0.353. The lowest BCUT2D eigenvalue weighted by molar-refractivity contribution is -0.129. The summed E-state index contributed by atoms with van der Waals surface area (Å²) >= 11 is 4.82. The molecule has 3 unspecified atom stereocenters. The van der Waals surface area contributed by atoms with Crippen molar-refractivity contribution >= 4 is 40.5 Å². The number of likely N-dealkylation sites (tertiary alicyclic amines) is 3. The second-order valence-electron chi connectivity index (χ2n) is 18.0. The Morgan fingerprint density at radius 1 is 0.590 bits per heavy atom. The predicted molar refractivity (Wildman–Crippen MR) is 259 cm³/mol. The van der Waals surface area contributed by atoms with Crippen LogP contribution in [-0.4, -0.2) is 91.9 Å². The second kappa shape index (κ2) is 26.8. The number of hydrogen-bond donors (Lipinski definition) is 2. The summed E-state index contributed by atoms with van der Waals surface area (Å²) in [7, 11) is 0. The van der Waals surface area contributed by atoms with Crippen LogP contribution in [0.5, 0.6) is 0 Å². The van der Waals surface area contributed by atoms with Crippen LogP contribution in [0.3, 0.4) is 0 Å². The number of nitrogens with one attached hydrogen (secondary N) is 1. The largest absolute Gasteiger partial charge is 0.350 e. The van der Waals surface area contributed by atoms with Gasteiger partial charge in [0.05, 0.1) is 63.1 Å². The van der Waals surface area contributed by atoms with Gasteiger partial charge in [-0.25, -0.2) is 54.5 Å². The number of carbonyl (C=O) groups excluding carboxylic acids is 5. The molecule has 3 aromatic heterocycles. The number of imidazole rings is 3. The van der Waals surface area contributed by atoms with Crippen molar-refractivity contribution in [1.82, 2.24) is 48.7 Å². The highest BCUT2D eigenvalue weighted by Crippen LogP contribution is 2.33. The first-order valence-electron chi connectivity index (χ1n) is 23.9. The fourth-order valence-corrected chi connectivity index (χ4v) is 8.49. The molecule has 3 aliphatic rings. The summed E-state index contributed by atoms with van der Waals surface area (Å²) in [6, 6.07) is 7.54. The highest BCUT2D eigenvalue weighted by molar-refractivity contribution is 6.63. The van der Waals surface area contributed by atoms with Crippen molar-refractivity contribution in [2.75, 3.05) is 19.6 Å². The number of nitrogens with zero attached hydrogens (tertiary/aromatic N) is 10. The SMILES string of the molecule is CCC(=O)Cl.CCC(=O)NCc1cncn1CN1CC(c2cc(F)c(F)c(F)c2)CC1=O.N#Cc1cncn1CN1CC(c2cc(F)c(F)c(F)c2)CC1=O.NCc1cncn1CN1CC(c2cc(F)c(F)c(F)c2)CC1=O. The van der Waals surface area contributed by atoms with Gasteiger partial charge in [-0.1, -0.05) is 13.8 Å². The number of halogens is 10. The van der Waals surface area contributed by atoms with Crippen LogP contribution in [0.4, 0.5) is 39.5 Å². The number of nitrogens with two attached hydrogens (primary N) is 1. The lowest BCUT2D eigenvalue weighted by Gasteiger charge is -2.19. The molecule has 3 aromatic carbocycles. The van der Waals surface area contributed by atoms with Crippen LogP contribution in [0.2, 0.25) is 0 Å². The quantitative estimate of drug-likeness (QED) is 0.0630. The second-order valence-corrected chi connectivity index (χ2v) is 18.4. The van der Waals surface area contributed by atoms with Crippen molar-refractivity contribution in [2.45, 2.75) is 96.8 Å². The standard InChI is InChI=1S/C18H19F3N4O2.C15H15F3N4O.C15H11F3N4O.C3H5ClO/c1-2-16(26)23-7-13-6-22-9-25(13)10-24-8-12(5-17(24)27)11-3-14(19)18(21)15(20)4-11;2*16-12-1-9(2-13(17)15(12)18)10-3-14(23)21(6-10)8-22-7-20-5-11(22)4-19;1-2-3(4)5/h3-4,6,9,12H,2,5,7-8,10H2,1H3,(H,23,26);1-2,5,7,10H,3-4,6,8,19H2;1-2,5,7,10H,3,6,8H2;2H2,1H3. The van der Waals surface area contributed by atoms with Gasteiger partial charge in [-0.3, -0.25) is 24.0 Å². The van der Waals surface area contributed by atoms with Crippen LogP contribution < -0.4 is 11.1 Å². The molecule has 27 heteroatoms. The van der Waals surface area contributed by atoms with Crippen molar-refractivity contribution in [1.29, 1.82) is 5.26 Å². The molecule has 414 valence electrons. The molecule has 3 saturated heterocycles. The molecule has 0 bridgehead atoms. The topological polar surface area (TPSA) is 210 Å².